The van der Waals surface area contributed by atoms with Gasteiger partial charge in [-0.2, -0.15) is 5.10 Å². The number of hydrogen-bond donors (Lipinski definition) is 0. The molecule has 6 heteroatoms. The average molecular weight is 347 g/mol. The fraction of sp³-hybridized carbons (Fsp3) is 0.267. The number of rotatable bonds is 4. The van der Waals surface area contributed by atoms with E-state index in [0.29, 0.717) is 13.0 Å². The van der Waals surface area contributed by atoms with E-state index in [1.807, 2.05) is 42.8 Å². The number of Topliss-reactive ketones (excluding diaryl/α,β-unsaturated/α-hetero) is 1. The van der Waals surface area contributed by atoms with E-state index < -0.39 is 0 Å². The SMILES string of the molecule is Cc1nn(C)c(CC(=O)Cn2cnc3ccccc32)c1Br. The van der Waals surface area contributed by atoms with Crippen molar-refractivity contribution >= 4 is 32.7 Å². The van der Waals surface area contributed by atoms with Crippen LogP contribution in [0, 0.1) is 6.92 Å². The Kier molecular flexibility index (Phi) is 3.63. The van der Waals surface area contributed by atoms with Crippen molar-refractivity contribution in [1.29, 1.82) is 0 Å². The number of carbonyl (C=O) groups excluding carboxylic acids is 1. The summed E-state index contributed by atoms with van der Waals surface area (Å²) in [7, 11) is 1.85. The molecule has 3 rings (SSSR count). The fourth-order valence-electron chi connectivity index (χ4n) is 2.44. The molecule has 0 atom stereocenters. The number of benzene rings is 1. The molecule has 3 aromatic rings. The summed E-state index contributed by atoms with van der Waals surface area (Å²) in [4.78, 5) is 16.6. The first kappa shape index (κ1) is 14.0. The zero-order chi connectivity index (χ0) is 15.0. The van der Waals surface area contributed by atoms with Crippen LogP contribution in [-0.2, 0) is 24.8 Å². The molecular weight excluding hydrogens is 332 g/mol. The highest BCUT2D eigenvalue weighted by molar-refractivity contribution is 9.10. The van der Waals surface area contributed by atoms with Crippen molar-refractivity contribution < 1.29 is 4.79 Å². The Morgan fingerprint density at radius 1 is 1.33 bits per heavy atom. The molecule has 0 fully saturated rings. The normalized spacial score (nSPS) is 11.2. The van der Waals surface area contributed by atoms with Crippen molar-refractivity contribution in [3.8, 4) is 0 Å². The molecule has 0 saturated carbocycles. The molecule has 0 bridgehead atoms. The fourth-order valence-corrected chi connectivity index (χ4v) is 2.92. The van der Waals surface area contributed by atoms with Gasteiger partial charge in [0.15, 0.2) is 5.78 Å². The van der Waals surface area contributed by atoms with Crippen molar-refractivity contribution in [2.75, 3.05) is 0 Å². The van der Waals surface area contributed by atoms with Gasteiger partial charge >= 0.3 is 0 Å². The van der Waals surface area contributed by atoms with Crippen LogP contribution in [0.5, 0.6) is 0 Å². The first-order chi connectivity index (χ1) is 10.1. The molecule has 1 aromatic carbocycles. The van der Waals surface area contributed by atoms with E-state index >= 15 is 0 Å². The Hall–Kier alpha value is -1.95. The van der Waals surface area contributed by atoms with E-state index in [1.54, 1.807) is 11.0 Å². The lowest BCUT2D eigenvalue weighted by Gasteiger charge is -2.05. The first-order valence-corrected chi connectivity index (χ1v) is 7.45. The molecule has 0 aliphatic rings. The number of nitrogens with zero attached hydrogens (tertiary/aromatic N) is 4. The van der Waals surface area contributed by atoms with Crippen molar-refractivity contribution in [2.24, 2.45) is 7.05 Å². The molecule has 0 amide bonds. The monoisotopic (exact) mass is 346 g/mol. The van der Waals surface area contributed by atoms with Crippen LogP contribution in [0.4, 0.5) is 0 Å². The summed E-state index contributed by atoms with van der Waals surface area (Å²) in [6.07, 6.45) is 2.07. The molecule has 0 radical (unpaired) electrons. The maximum atomic E-state index is 12.3. The molecule has 21 heavy (non-hydrogen) atoms. The minimum Gasteiger partial charge on any atom is -0.323 e. The summed E-state index contributed by atoms with van der Waals surface area (Å²) in [5, 5.41) is 4.31. The van der Waals surface area contributed by atoms with Gasteiger partial charge in [0.2, 0.25) is 0 Å². The van der Waals surface area contributed by atoms with E-state index in [0.717, 1.165) is 26.9 Å². The van der Waals surface area contributed by atoms with Gasteiger partial charge in [-0.15, -0.1) is 0 Å². The molecule has 108 valence electrons. The Morgan fingerprint density at radius 3 is 2.81 bits per heavy atom. The van der Waals surface area contributed by atoms with Gasteiger partial charge < -0.3 is 4.57 Å². The third-order valence-electron chi connectivity index (χ3n) is 3.50. The predicted octanol–water partition coefficient (Wildman–Crippen LogP) is 2.65. The minimum absolute atomic E-state index is 0.127. The van der Waals surface area contributed by atoms with E-state index in [4.69, 9.17) is 0 Å². The van der Waals surface area contributed by atoms with Crippen LogP contribution >= 0.6 is 15.9 Å². The van der Waals surface area contributed by atoms with Crippen LogP contribution in [-0.4, -0.2) is 25.1 Å². The summed E-state index contributed by atoms with van der Waals surface area (Å²) in [5.74, 6) is 0.127. The number of carbonyl (C=O) groups is 1. The van der Waals surface area contributed by atoms with Crippen LogP contribution in [0.25, 0.3) is 11.0 Å². The maximum Gasteiger partial charge on any atom is 0.158 e. The molecule has 0 spiro atoms. The summed E-state index contributed by atoms with van der Waals surface area (Å²) in [6.45, 7) is 2.23. The highest BCUT2D eigenvalue weighted by Crippen LogP contribution is 2.21. The first-order valence-electron chi connectivity index (χ1n) is 6.66. The largest absolute Gasteiger partial charge is 0.323 e. The Bertz CT molecular complexity index is 818. The number of aryl methyl sites for hydroxylation is 2. The third kappa shape index (κ3) is 2.63. The zero-order valence-electron chi connectivity index (χ0n) is 11.9. The van der Waals surface area contributed by atoms with Crippen LogP contribution < -0.4 is 0 Å². The van der Waals surface area contributed by atoms with Gasteiger partial charge in [0.05, 0.1) is 46.2 Å². The van der Waals surface area contributed by atoms with Gasteiger partial charge in [-0.05, 0) is 35.0 Å². The second-order valence-electron chi connectivity index (χ2n) is 5.05. The second kappa shape index (κ2) is 5.44. The molecule has 5 nitrogen and oxygen atoms in total. The van der Waals surface area contributed by atoms with Crippen molar-refractivity contribution in [1.82, 2.24) is 19.3 Å². The van der Waals surface area contributed by atoms with Crippen molar-refractivity contribution in [3.05, 3.63) is 46.5 Å². The van der Waals surface area contributed by atoms with Crippen LogP contribution in [0.1, 0.15) is 11.4 Å². The van der Waals surface area contributed by atoms with Gasteiger partial charge in [-0.3, -0.25) is 9.48 Å². The van der Waals surface area contributed by atoms with Crippen LogP contribution in [0.2, 0.25) is 0 Å². The van der Waals surface area contributed by atoms with Gasteiger partial charge in [0.25, 0.3) is 0 Å². The van der Waals surface area contributed by atoms with E-state index in [2.05, 4.69) is 26.0 Å². The summed E-state index contributed by atoms with van der Waals surface area (Å²) in [6, 6.07) is 7.81. The number of halogens is 1. The standard InChI is InChI=1S/C15H15BrN4O/c1-10-15(16)14(19(2)18-10)7-11(21)8-20-9-17-12-5-3-4-6-13(12)20/h3-6,9H,7-8H2,1-2H3. The Balaban J connectivity index is 1.81. The van der Waals surface area contributed by atoms with Gasteiger partial charge in [-0.25, -0.2) is 4.98 Å². The van der Waals surface area contributed by atoms with Crippen LogP contribution in [0.15, 0.2) is 35.1 Å². The third-order valence-corrected chi connectivity index (χ3v) is 4.53. The predicted molar refractivity (Wildman–Crippen MR) is 84.1 cm³/mol. The van der Waals surface area contributed by atoms with Gasteiger partial charge in [-0.1, -0.05) is 12.1 Å². The topological polar surface area (TPSA) is 52.7 Å². The molecule has 0 N–H and O–H groups in total. The molecule has 0 aliphatic carbocycles. The van der Waals surface area contributed by atoms with E-state index in [9.17, 15) is 4.79 Å². The smallest absolute Gasteiger partial charge is 0.158 e. The second-order valence-corrected chi connectivity index (χ2v) is 5.84. The average Bonchev–Trinajstić information content (AvgIpc) is 2.96. The Labute approximate surface area is 130 Å². The van der Waals surface area contributed by atoms with Gasteiger partial charge in [0, 0.05) is 7.05 Å². The van der Waals surface area contributed by atoms with Crippen molar-refractivity contribution in [2.45, 2.75) is 19.9 Å². The molecule has 0 aliphatic heterocycles. The molecule has 2 aromatic heterocycles. The molecular formula is C15H15BrN4O. The lowest BCUT2D eigenvalue weighted by Crippen LogP contribution is -2.14. The number of ketones is 1. The number of aromatic nitrogens is 4. The number of fused-ring (bicyclic) bond motifs is 1. The molecule has 2 heterocycles. The summed E-state index contributed by atoms with van der Waals surface area (Å²) in [5.41, 5.74) is 3.68. The zero-order valence-corrected chi connectivity index (χ0v) is 13.5. The highest BCUT2D eigenvalue weighted by atomic mass is 79.9. The summed E-state index contributed by atoms with van der Waals surface area (Å²) >= 11 is 3.49. The Morgan fingerprint density at radius 2 is 2.10 bits per heavy atom. The number of para-hydroxylation sites is 2. The number of hydrogen-bond acceptors (Lipinski definition) is 3. The molecule has 0 unspecified atom stereocenters. The lowest BCUT2D eigenvalue weighted by molar-refractivity contribution is -0.119. The van der Waals surface area contributed by atoms with Crippen LogP contribution in [0.3, 0.4) is 0 Å². The summed E-state index contributed by atoms with van der Waals surface area (Å²) < 4.78 is 4.55. The van der Waals surface area contributed by atoms with E-state index in [1.165, 1.54) is 0 Å². The maximum absolute atomic E-state index is 12.3. The molecule has 0 saturated heterocycles. The lowest BCUT2D eigenvalue weighted by atomic mass is 10.2. The van der Waals surface area contributed by atoms with E-state index in [-0.39, 0.29) is 5.78 Å². The van der Waals surface area contributed by atoms with Crippen molar-refractivity contribution in [3.63, 3.8) is 0 Å². The minimum atomic E-state index is 0.127. The quantitative estimate of drug-likeness (QED) is 0.729. The number of imidazole rings is 1. The van der Waals surface area contributed by atoms with Gasteiger partial charge in [0.1, 0.15) is 0 Å². The highest BCUT2D eigenvalue weighted by Gasteiger charge is 2.15.